The first-order valence-electron chi connectivity index (χ1n) is 8.50. The summed E-state index contributed by atoms with van der Waals surface area (Å²) >= 11 is 3.29. The first-order valence-corrected chi connectivity index (χ1v) is 9.29. The maximum Gasteiger partial charge on any atom is 0.287 e. The van der Waals surface area contributed by atoms with Gasteiger partial charge in [-0.2, -0.15) is 5.10 Å². The summed E-state index contributed by atoms with van der Waals surface area (Å²) < 4.78 is 6.49. The fraction of sp³-hybridized carbons (Fsp3) is 0.263. The van der Waals surface area contributed by atoms with Crippen LogP contribution in [0.1, 0.15) is 50.6 Å². The molecule has 0 aromatic carbocycles. The van der Waals surface area contributed by atoms with Gasteiger partial charge < -0.3 is 9.73 Å². The summed E-state index contributed by atoms with van der Waals surface area (Å²) in [6.45, 7) is 5.77. The van der Waals surface area contributed by atoms with Gasteiger partial charge in [-0.1, -0.05) is 6.08 Å². The molecule has 1 aliphatic carbocycles. The number of pyridine rings is 1. The van der Waals surface area contributed by atoms with E-state index in [9.17, 15) is 9.59 Å². The number of carbonyl (C=O) groups is 2. The summed E-state index contributed by atoms with van der Waals surface area (Å²) in [5.74, 6) is 0.359. The summed E-state index contributed by atoms with van der Waals surface area (Å²) in [6, 6.07) is 1.67. The molecule has 0 atom stereocenters. The molecule has 8 heteroatoms. The smallest absolute Gasteiger partial charge is 0.287 e. The van der Waals surface area contributed by atoms with E-state index in [2.05, 4.69) is 43.3 Å². The van der Waals surface area contributed by atoms with Crippen LogP contribution in [0.25, 0.3) is 0 Å². The molecule has 1 aliphatic rings. The largest absolute Gasteiger partial charge is 0.455 e. The Kier molecular flexibility index (Phi) is 5.85. The van der Waals surface area contributed by atoms with Gasteiger partial charge in [0.25, 0.3) is 11.8 Å². The standard InChI is InChI=1S/C19H19BrN4O3/c1-3-7-22-19(26)17-11(2)16-14(5-4-6-15(16)27-17)23-24-18(25)12-8-13(20)10-21-9-12/h3,8-10H,1,4-7H2,2H3,(H,22,26)(H,24,25)/b23-14+. The first-order chi connectivity index (χ1) is 13.0. The van der Waals surface area contributed by atoms with Crippen LogP contribution in [0.3, 0.4) is 0 Å². The van der Waals surface area contributed by atoms with Crippen LogP contribution in [0.2, 0.25) is 0 Å². The second kappa shape index (κ2) is 8.30. The molecular weight excluding hydrogens is 412 g/mol. The Morgan fingerprint density at radius 1 is 1.37 bits per heavy atom. The summed E-state index contributed by atoms with van der Waals surface area (Å²) in [4.78, 5) is 28.5. The third-order valence-electron chi connectivity index (χ3n) is 4.20. The molecule has 140 valence electrons. The van der Waals surface area contributed by atoms with Gasteiger partial charge in [-0.15, -0.1) is 6.58 Å². The van der Waals surface area contributed by atoms with Crippen molar-refractivity contribution >= 4 is 33.5 Å². The maximum atomic E-state index is 12.3. The molecule has 2 amide bonds. The number of hydrazone groups is 1. The number of aromatic nitrogens is 1. The Morgan fingerprint density at radius 3 is 2.93 bits per heavy atom. The molecule has 0 unspecified atom stereocenters. The zero-order chi connectivity index (χ0) is 19.4. The Labute approximate surface area is 165 Å². The molecule has 2 heterocycles. The molecule has 0 fully saturated rings. The second-order valence-corrected chi connectivity index (χ2v) is 7.01. The van der Waals surface area contributed by atoms with Crippen molar-refractivity contribution in [3.05, 3.63) is 63.8 Å². The van der Waals surface area contributed by atoms with E-state index in [4.69, 9.17) is 4.42 Å². The minimum absolute atomic E-state index is 0.277. The molecule has 2 aromatic rings. The SMILES string of the molecule is C=CCNC(=O)c1oc2c(c1C)/C(=N/NC(=O)c1cncc(Br)c1)CCC2. The quantitative estimate of drug-likeness (QED) is 0.562. The van der Waals surface area contributed by atoms with Crippen LogP contribution >= 0.6 is 15.9 Å². The highest BCUT2D eigenvalue weighted by molar-refractivity contribution is 9.10. The number of amides is 2. The van der Waals surface area contributed by atoms with Gasteiger partial charge in [0.2, 0.25) is 0 Å². The minimum atomic E-state index is -0.353. The van der Waals surface area contributed by atoms with E-state index in [1.807, 2.05) is 6.92 Å². The summed E-state index contributed by atoms with van der Waals surface area (Å²) in [7, 11) is 0. The lowest BCUT2D eigenvalue weighted by atomic mass is 9.93. The number of hydrogen-bond donors (Lipinski definition) is 2. The van der Waals surface area contributed by atoms with Crippen molar-refractivity contribution in [1.29, 1.82) is 0 Å². The number of fused-ring (bicyclic) bond motifs is 1. The van der Waals surface area contributed by atoms with E-state index in [0.29, 0.717) is 28.7 Å². The lowest BCUT2D eigenvalue weighted by molar-refractivity contribution is 0.0926. The van der Waals surface area contributed by atoms with Gasteiger partial charge in [0.1, 0.15) is 5.76 Å². The molecule has 0 aliphatic heterocycles. The molecule has 0 bridgehead atoms. The summed E-state index contributed by atoms with van der Waals surface area (Å²) in [5.41, 5.74) is 5.20. The van der Waals surface area contributed by atoms with Crippen LogP contribution in [-0.4, -0.2) is 29.1 Å². The number of rotatable bonds is 5. The van der Waals surface area contributed by atoms with Crippen molar-refractivity contribution in [2.75, 3.05) is 6.54 Å². The average molecular weight is 431 g/mol. The van der Waals surface area contributed by atoms with E-state index >= 15 is 0 Å². The fourth-order valence-corrected chi connectivity index (χ4v) is 3.33. The molecule has 27 heavy (non-hydrogen) atoms. The number of furan rings is 1. The zero-order valence-corrected chi connectivity index (χ0v) is 16.4. The predicted molar refractivity (Wildman–Crippen MR) is 105 cm³/mol. The molecule has 7 nitrogen and oxygen atoms in total. The van der Waals surface area contributed by atoms with Crippen molar-refractivity contribution in [2.45, 2.75) is 26.2 Å². The number of nitrogens with one attached hydrogen (secondary N) is 2. The fourth-order valence-electron chi connectivity index (χ4n) is 2.96. The highest BCUT2D eigenvalue weighted by atomic mass is 79.9. The van der Waals surface area contributed by atoms with E-state index in [1.54, 1.807) is 18.3 Å². The summed E-state index contributed by atoms with van der Waals surface area (Å²) in [6.07, 6.45) is 6.93. The normalized spacial score (nSPS) is 14.5. The van der Waals surface area contributed by atoms with Crippen LogP contribution in [0.4, 0.5) is 0 Å². The predicted octanol–water partition coefficient (Wildman–Crippen LogP) is 3.13. The average Bonchev–Trinajstić information content (AvgIpc) is 3.01. The zero-order valence-electron chi connectivity index (χ0n) is 14.8. The molecule has 0 saturated heterocycles. The molecule has 0 radical (unpaired) electrons. The first kappa shape index (κ1) is 19.0. The van der Waals surface area contributed by atoms with Gasteiger partial charge in [0.15, 0.2) is 5.76 Å². The van der Waals surface area contributed by atoms with E-state index in [-0.39, 0.29) is 17.6 Å². The lowest BCUT2D eigenvalue weighted by Gasteiger charge is -2.13. The molecule has 2 aromatic heterocycles. The monoisotopic (exact) mass is 430 g/mol. The van der Waals surface area contributed by atoms with Gasteiger partial charge in [-0.3, -0.25) is 14.6 Å². The van der Waals surface area contributed by atoms with Crippen molar-refractivity contribution in [3.63, 3.8) is 0 Å². The Morgan fingerprint density at radius 2 is 2.19 bits per heavy atom. The number of aryl methyl sites for hydroxylation is 1. The van der Waals surface area contributed by atoms with Crippen LogP contribution in [0.5, 0.6) is 0 Å². The molecular formula is C19H19BrN4O3. The molecule has 0 spiro atoms. The summed E-state index contributed by atoms with van der Waals surface area (Å²) in [5, 5.41) is 7.01. The molecule has 2 N–H and O–H groups in total. The van der Waals surface area contributed by atoms with Gasteiger partial charge >= 0.3 is 0 Å². The van der Waals surface area contributed by atoms with Crippen molar-refractivity contribution in [3.8, 4) is 0 Å². The number of hydrogen-bond acceptors (Lipinski definition) is 5. The van der Waals surface area contributed by atoms with Gasteiger partial charge in [0.05, 0.1) is 11.3 Å². The second-order valence-electron chi connectivity index (χ2n) is 6.10. The van der Waals surface area contributed by atoms with Gasteiger partial charge in [0, 0.05) is 41.0 Å². The number of halogens is 1. The van der Waals surface area contributed by atoms with Crippen molar-refractivity contribution in [2.24, 2.45) is 5.10 Å². The van der Waals surface area contributed by atoms with Crippen molar-refractivity contribution in [1.82, 2.24) is 15.7 Å². The van der Waals surface area contributed by atoms with E-state index in [1.165, 1.54) is 6.20 Å². The van der Waals surface area contributed by atoms with Crippen LogP contribution < -0.4 is 10.7 Å². The third-order valence-corrected chi connectivity index (χ3v) is 4.63. The minimum Gasteiger partial charge on any atom is -0.455 e. The van der Waals surface area contributed by atoms with E-state index in [0.717, 1.165) is 29.7 Å². The Hall–Kier alpha value is -2.74. The topological polar surface area (TPSA) is 96.6 Å². The van der Waals surface area contributed by atoms with Gasteiger partial charge in [-0.05, 0) is 41.8 Å². The van der Waals surface area contributed by atoms with E-state index < -0.39 is 0 Å². The lowest BCUT2D eigenvalue weighted by Crippen LogP contribution is -2.24. The number of nitrogens with zero attached hydrogens (tertiary/aromatic N) is 2. The Bertz CT molecular complexity index is 933. The highest BCUT2D eigenvalue weighted by Crippen LogP contribution is 2.29. The number of carbonyl (C=O) groups excluding carboxylic acids is 2. The molecule has 3 rings (SSSR count). The van der Waals surface area contributed by atoms with Crippen LogP contribution in [0.15, 0.2) is 45.1 Å². The van der Waals surface area contributed by atoms with Crippen LogP contribution in [-0.2, 0) is 6.42 Å². The third kappa shape index (κ3) is 4.16. The van der Waals surface area contributed by atoms with Crippen LogP contribution in [0, 0.1) is 6.92 Å². The van der Waals surface area contributed by atoms with Crippen molar-refractivity contribution < 1.29 is 14.0 Å². The van der Waals surface area contributed by atoms with Gasteiger partial charge in [-0.25, -0.2) is 5.43 Å². The maximum absolute atomic E-state index is 12.3. The Balaban J connectivity index is 1.84. The molecule has 0 saturated carbocycles. The highest BCUT2D eigenvalue weighted by Gasteiger charge is 2.27.